The van der Waals surface area contributed by atoms with Crippen LogP contribution < -0.4 is 20.1 Å². The molecule has 1 aromatic carbocycles. The molecule has 0 saturated carbocycles. The molecule has 0 spiro atoms. The summed E-state index contributed by atoms with van der Waals surface area (Å²) in [5, 5.41) is 13.2. The molecule has 0 fully saturated rings. The molecule has 156 valence electrons. The van der Waals surface area contributed by atoms with Crippen LogP contribution in [0.5, 0.6) is 11.5 Å². The highest BCUT2D eigenvalue weighted by Gasteiger charge is 2.14. The van der Waals surface area contributed by atoms with E-state index < -0.39 is 5.97 Å². The number of benzene rings is 1. The maximum Gasteiger partial charge on any atom is 0.325 e. The summed E-state index contributed by atoms with van der Waals surface area (Å²) < 4.78 is 15.5. The average molecular weight is 441 g/mol. The number of rotatable bonds is 10. The Kier molecular flexibility index (Phi) is 8.68. The molecule has 12 heteroatoms. The molecule has 2 N–H and O–H groups in total. The molecule has 0 aliphatic heterocycles. The Morgan fingerprint density at radius 2 is 1.90 bits per heavy atom. The van der Waals surface area contributed by atoms with E-state index in [1.165, 1.54) is 14.2 Å². The van der Waals surface area contributed by atoms with Crippen LogP contribution in [0.25, 0.3) is 0 Å². The summed E-state index contributed by atoms with van der Waals surface area (Å²) in [5.74, 6) is -0.221. The molecule has 0 unspecified atom stereocenters. The molecule has 10 nitrogen and oxygen atoms in total. The van der Waals surface area contributed by atoms with Crippen molar-refractivity contribution in [3.05, 3.63) is 23.8 Å². The van der Waals surface area contributed by atoms with Gasteiger partial charge < -0.3 is 19.5 Å². The first kappa shape index (κ1) is 22.4. The summed E-state index contributed by atoms with van der Waals surface area (Å²) >= 11 is 2.27. The summed E-state index contributed by atoms with van der Waals surface area (Å²) in [6.07, 6.45) is 0. The van der Waals surface area contributed by atoms with Crippen molar-refractivity contribution in [1.82, 2.24) is 15.5 Å². The molecular formula is C17H20N4O6S2. The highest BCUT2D eigenvalue weighted by molar-refractivity contribution is 8.01. The third-order valence-electron chi connectivity index (χ3n) is 3.33. The number of carbonyl (C=O) groups is 3. The lowest BCUT2D eigenvalue weighted by Gasteiger charge is -2.08. The molecule has 2 rings (SSSR count). The van der Waals surface area contributed by atoms with Gasteiger partial charge in [-0.15, -0.1) is 10.2 Å². The Balaban J connectivity index is 1.86. The summed E-state index contributed by atoms with van der Waals surface area (Å²) in [5.41, 5.74) is 0.366. The van der Waals surface area contributed by atoms with Gasteiger partial charge in [0.2, 0.25) is 11.0 Å². The first-order valence-electron chi connectivity index (χ1n) is 8.38. The van der Waals surface area contributed by atoms with Crippen LogP contribution in [0, 0.1) is 0 Å². The van der Waals surface area contributed by atoms with E-state index in [-0.39, 0.29) is 30.7 Å². The fraction of sp³-hybridized carbons (Fsp3) is 0.353. The topological polar surface area (TPSA) is 129 Å². The summed E-state index contributed by atoms with van der Waals surface area (Å²) in [6, 6.07) is 4.78. The van der Waals surface area contributed by atoms with Gasteiger partial charge >= 0.3 is 5.97 Å². The molecule has 1 aromatic heterocycles. The minimum atomic E-state index is -0.498. The number of ether oxygens (including phenoxy) is 3. The van der Waals surface area contributed by atoms with Gasteiger partial charge in [-0.05, 0) is 25.1 Å². The van der Waals surface area contributed by atoms with Crippen LogP contribution >= 0.6 is 23.1 Å². The Morgan fingerprint density at radius 1 is 1.14 bits per heavy atom. The predicted octanol–water partition coefficient (Wildman–Crippen LogP) is 1.58. The van der Waals surface area contributed by atoms with Gasteiger partial charge in [-0.3, -0.25) is 19.7 Å². The van der Waals surface area contributed by atoms with Crippen LogP contribution in [0.2, 0.25) is 0 Å². The zero-order valence-electron chi connectivity index (χ0n) is 16.0. The molecule has 0 bridgehead atoms. The molecule has 0 atom stereocenters. The van der Waals surface area contributed by atoms with E-state index in [9.17, 15) is 14.4 Å². The van der Waals surface area contributed by atoms with Gasteiger partial charge in [0.05, 0.1) is 26.6 Å². The van der Waals surface area contributed by atoms with Gasteiger partial charge in [-0.1, -0.05) is 23.1 Å². The van der Waals surface area contributed by atoms with Gasteiger partial charge in [0, 0.05) is 5.56 Å². The van der Waals surface area contributed by atoms with Crippen LogP contribution in [0.15, 0.2) is 22.5 Å². The number of methoxy groups -OCH3 is 2. The number of thioether (sulfide) groups is 1. The number of hydrogen-bond acceptors (Lipinski definition) is 10. The number of esters is 1. The molecule has 0 aliphatic carbocycles. The molecular weight excluding hydrogens is 420 g/mol. The standard InChI is InChI=1S/C17H20N4O6S2/c1-4-27-14(23)8-18-13(22)9-28-17-21-20-16(29-17)19-15(24)10-5-6-11(25-2)12(7-10)26-3/h5-7H,4,8-9H2,1-3H3,(H,18,22)(H,19,20,24). The molecule has 0 saturated heterocycles. The zero-order chi connectivity index (χ0) is 21.2. The quantitative estimate of drug-likeness (QED) is 0.321. The van der Waals surface area contributed by atoms with Crippen LogP contribution in [0.3, 0.4) is 0 Å². The largest absolute Gasteiger partial charge is 0.493 e. The van der Waals surface area contributed by atoms with Gasteiger partial charge in [0.15, 0.2) is 15.8 Å². The van der Waals surface area contributed by atoms with Gasteiger partial charge in [0.1, 0.15) is 6.54 Å². The highest BCUT2D eigenvalue weighted by Crippen LogP contribution is 2.29. The fourth-order valence-electron chi connectivity index (χ4n) is 2.03. The van der Waals surface area contributed by atoms with E-state index in [1.807, 2.05) is 0 Å². The third kappa shape index (κ3) is 6.91. The molecule has 29 heavy (non-hydrogen) atoms. The number of nitrogens with zero attached hydrogens (tertiary/aromatic N) is 2. The predicted molar refractivity (Wildman–Crippen MR) is 108 cm³/mol. The molecule has 2 aromatic rings. The maximum atomic E-state index is 12.4. The number of carbonyl (C=O) groups excluding carboxylic acids is 3. The first-order chi connectivity index (χ1) is 14.0. The Morgan fingerprint density at radius 3 is 2.59 bits per heavy atom. The maximum absolute atomic E-state index is 12.4. The van der Waals surface area contributed by atoms with Crippen LogP contribution in [0.4, 0.5) is 5.13 Å². The van der Waals surface area contributed by atoms with Crippen molar-refractivity contribution >= 4 is 46.0 Å². The second-order valence-electron chi connectivity index (χ2n) is 5.27. The second kappa shape index (κ2) is 11.2. The lowest BCUT2D eigenvalue weighted by Crippen LogP contribution is -2.31. The number of aromatic nitrogens is 2. The number of nitrogens with one attached hydrogen (secondary N) is 2. The van der Waals surface area contributed by atoms with Crippen molar-refractivity contribution < 1.29 is 28.6 Å². The van der Waals surface area contributed by atoms with Gasteiger partial charge in [-0.2, -0.15) is 0 Å². The van der Waals surface area contributed by atoms with E-state index in [0.29, 0.717) is 26.5 Å². The first-order valence-corrected chi connectivity index (χ1v) is 10.2. The van der Waals surface area contributed by atoms with Crippen molar-refractivity contribution in [3.63, 3.8) is 0 Å². The third-order valence-corrected chi connectivity index (χ3v) is 5.31. The average Bonchev–Trinajstić information content (AvgIpc) is 3.17. The Labute approximate surface area is 175 Å². The van der Waals surface area contributed by atoms with Gasteiger partial charge in [-0.25, -0.2) is 0 Å². The Hall–Kier alpha value is -2.86. The van der Waals surface area contributed by atoms with E-state index in [1.54, 1.807) is 25.1 Å². The normalized spacial score (nSPS) is 10.2. The van der Waals surface area contributed by atoms with Crippen LogP contribution in [-0.4, -0.2) is 61.1 Å². The smallest absolute Gasteiger partial charge is 0.325 e. The highest BCUT2D eigenvalue weighted by atomic mass is 32.2. The molecule has 2 amide bonds. The zero-order valence-corrected chi connectivity index (χ0v) is 17.6. The van der Waals surface area contributed by atoms with Gasteiger partial charge in [0.25, 0.3) is 5.91 Å². The molecule has 1 heterocycles. The van der Waals surface area contributed by atoms with Crippen LogP contribution in [-0.2, 0) is 14.3 Å². The van der Waals surface area contributed by atoms with Crippen molar-refractivity contribution in [2.75, 3.05) is 38.4 Å². The van der Waals surface area contributed by atoms with E-state index >= 15 is 0 Å². The second-order valence-corrected chi connectivity index (χ2v) is 7.47. The van der Waals surface area contributed by atoms with E-state index in [0.717, 1.165) is 23.1 Å². The van der Waals surface area contributed by atoms with Crippen molar-refractivity contribution in [3.8, 4) is 11.5 Å². The minimum Gasteiger partial charge on any atom is -0.493 e. The number of amides is 2. The summed E-state index contributed by atoms with van der Waals surface area (Å²) in [4.78, 5) is 35.3. The van der Waals surface area contributed by atoms with Crippen LogP contribution in [0.1, 0.15) is 17.3 Å². The molecule has 0 aliphatic rings. The monoisotopic (exact) mass is 440 g/mol. The van der Waals surface area contributed by atoms with Crippen molar-refractivity contribution in [2.24, 2.45) is 0 Å². The fourth-order valence-corrected chi connectivity index (χ4v) is 3.60. The summed E-state index contributed by atoms with van der Waals surface area (Å²) in [7, 11) is 2.99. The van der Waals surface area contributed by atoms with Crippen molar-refractivity contribution in [1.29, 1.82) is 0 Å². The number of anilines is 1. The Bertz CT molecular complexity index is 873. The SMILES string of the molecule is CCOC(=O)CNC(=O)CSc1nnc(NC(=O)c2ccc(OC)c(OC)c2)s1. The lowest BCUT2D eigenvalue weighted by molar-refractivity contribution is -0.143. The minimum absolute atomic E-state index is 0.0532. The lowest BCUT2D eigenvalue weighted by atomic mass is 10.2. The number of hydrogen-bond donors (Lipinski definition) is 2. The molecule has 0 radical (unpaired) electrons. The van der Waals surface area contributed by atoms with E-state index in [2.05, 4.69) is 20.8 Å². The summed E-state index contributed by atoms with van der Waals surface area (Å²) in [6.45, 7) is 1.76. The van der Waals surface area contributed by atoms with Crippen molar-refractivity contribution in [2.45, 2.75) is 11.3 Å². The van der Waals surface area contributed by atoms with E-state index in [4.69, 9.17) is 14.2 Å².